The van der Waals surface area contributed by atoms with Crippen LogP contribution >= 0.6 is 11.3 Å². The second kappa shape index (κ2) is 3.72. The summed E-state index contributed by atoms with van der Waals surface area (Å²) < 4.78 is 1.95. The van der Waals surface area contributed by atoms with Crippen LogP contribution in [0, 0.1) is 0 Å². The van der Waals surface area contributed by atoms with Crippen molar-refractivity contribution in [3.05, 3.63) is 40.6 Å². The largest absolute Gasteiger partial charge is 0.388 e. The van der Waals surface area contributed by atoms with E-state index in [0.29, 0.717) is 5.82 Å². The molecule has 68 valence electrons. The molecule has 0 aliphatic rings. The Morgan fingerprint density at radius 2 is 2.46 bits per heavy atom. The molecule has 0 aromatic carbocycles. The fourth-order valence-corrected chi connectivity index (χ4v) is 1.87. The predicted octanol–water partition coefficient (Wildman–Crippen LogP) is 1.49. The number of rotatable bonds is 3. The standard InChI is InChI=1S/C9H10N2OS/c12-6-9-10-2-3-11(9)5-8-1-4-13-7-8/h1-4,7,12H,5-6H2. The van der Waals surface area contributed by atoms with Gasteiger partial charge in [-0.25, -0.2) is 4.98 Å². The van der Waals surface area contributed by atoms with Gasteiger partial charge in [0.25, 0.3) is 0 Å². The first kappa shape index (κ1) is 8.47. The summed E-state index contributed by atoms with van der Waals surface area (Å²) in [6.45, 7) is 0.788. The van der Waals surface area contributed by atoms with Crippen LogP contribution in [0.1, 0.15) is 11.4 Å². The van der Waals surface area contributed by atoms with E-state index in [1.54, 1.807) is 17.5 Å². The molecule has 0 fully saturated rings. The maximum absolute atomic E-state index is 8.96. The van der Waals surface area contributed by atoms with Crippen LogP contribution in [0.2, 0.25) is 0 Å². The fourth-order valence-electron chi connectivity index (χ4n) is 1.21. The van der Waals surface area contributed by atoms with Crippen molar-refractivity contribution in [1.29, 1.82) is 0 Å². The lowest BCUT2D eigenvalue weighted by molar-refractivity contribution is 0.266. The van der Waals surface area contributed by atoms with Crippen LogP contribution in [0.15, 0.2) is 29.2 Å². The molecule has 0 saturated heterocycles. The molecule has 0 radical (unpaired) electrons. The maximum Gasteiger partial charge on any atom is 0.134 e. The molecular formula is C9H10N2OS. The number of thiophene rings is 1. The topological polar surface area (TPSA) is 38.1 Å². The second-order valence-electron chi connectivity index (χ2n) is 2.76. The van der Waals surface area contributed by atoms with Gasteiger partial charge in [-0.15, -0.1) is 0 Å². The predicted molar refractivity (Wildman–Crippen MR) is 51.6 cm³/mol. The van der Waals surface area contributed by atoms with Gasteiger partial charge in [0.15, 0.2) is 0 Å². The van der Waals surface area contributed by atoms with E-state index in [1.807, 2.05) is 16.1 Å². The molecule has 0 aliphatic carbocycles. The van der Waals surface area contributed by atoms with Crippen LogP contribution in [-0.4, -0.2) is 14.7 Å². The third-order valence-corrected chi connectivity index (χ3v) is 2.61. The summed E-state index contributed by atoms with van der Waals surface area (Å²) in [6.07, 6.45) is 3.58. The molecule has 4 heteroatoms. The molecule has 2 heterocycles. The molecule has 0 spiro atoms. The highest BCUT2D eigenvalue weighted by molar-refractivity contribution is 7.07. The maximum atomic E-state index is 8.96. The molecule has 1 N–H and O–H groups in total. The Kier molecular flexibility index (Phi) is 2.42. The second-order valence-corrected chi connectivity index (χ2v) is 3.54. The highest BCUT2D eigenvalue weighted by Gasteiger charge is 2.01. The minimum atomic E-state index is -0.00284. The van der Waals surface area contributed by atoms with Gasteiger partial charge in [0.1, 0.15) is 12.4 Å². The quantitative estimate of drug-likeness (QED) is 0.803. The minimum absolute atomic E-state index is 0.00284. The molecule has 13 heavy (non-hydrogen) atoms. The zero-order valence-electron chi connectivity index (χ0n) is 7.05. The molecule has 2 rings (SSSR count). The van der Waals surface area contributed by atoms with Crippen molar-refractivity contribution in [2.24, 2.45) is 0 Å². The van der Waals surface area contributed by atoms with Crippen LogP contribution in [-0.2, 0) is 13.2 Å². The molecule has 0 amide bonds. The number of aromatic nitrogens is 2. The third kappa shape index (κ3) is 1.79. The molecular weight excluding hydrogens is 184 g/mol. The van der Waals surface area contributed by atoms with E-state index >= 15 is 0 Å². The first-order valence-electron chi connectivity index (χ1n) is 4.02. The minimum Gasteiger partial charge on any atom is -0.388 e. The van der Waals surface area contributed by atoms with Crippen LogP contribution in [0.4, 0.5) is 0 Å². The Balaban J connectivity index is 2.18. The summed E-state index contributed by atoms with van der Waals surface area (Å²) in [7, 11) is 0. The third-order valence-electron chi connectivity index (χ3n) is 1.88. The number of hydrogen-bond donors (Lipinski definition) is 1. The molecule has 0 atom stereocenters. The molecule has 3 nitrogen and oxygen atoms in total. The fraction of sp³-hybridized carbons (Fsp3) is 0.222. The highest BCUT2D eigenvalue weighted by Crippen LogP contribution is 2.09. The molecule has 2 aromatic heterocycles. The zero-order valence-corrected chi connectivity index (χ0v) is 7.87. The van der Waals surface area contributed by atoms with E-state index < -0.39 is 0 Å². The smallest absolute Gasteiger partial charge is 0.134 e. The SMILES string of the molecule is OCc1nccn1Cc1ccsc1. The van der Waals surface area contributed by atoms with Crippen molar-refractivity contribution >= 4 is 11.3 Å². The van der Waals surface area contributed by atoms with Gasteiger partial charge in [0, 0.05) is 18.9 Å². The van der Waals surface area contributed by atoms with E-state index in [1.165, 1.54) is 5.56 Å². The van der Waals surface area contributed by atoms with Gasteiger partial charge in [-0.3, -0.25) is 0 Å². The molecule has 0 saturated carbocycles. The van der Waals surface area contributed by atoms with Crippen molar-refractivity contribution in [2.45, 2.75) is 13.2 Å². The number of imidazole rings is 1. The molecule has 0 bridgehead atoms. The normalized spacial score (nSPS) is 10.5. The Hall–Kier alpha value is -1.13. The van der Waals surface area contributed by atoms with Gasteiger partial charge >= 0.3 is 0 Å². The summed E-state index contributed by atoms with van der Waals surface area (Å²) in [6, 6.07) is 2.08. The lowest BCUT2D eigenvalue weighted by Crippen LogP contribution is -2.03. The van der Waals surface area contributed by atoms with Crippen molar-refractivity contribution in [3.63, 3.8) is 0 Å². The highest BCUT2D eigenvalue weighted by atomic mass is 32.1. The monoisotopic (exact) mass is 194 g/mol. The summed E-state index contributed by atoms with van der Waals surface area (Å²) >= 11 is 1.68. The molecule has 2 aromatic rings. The van der Waals surface area contributed by atoms with Crippen molar-refractivity contribution in [1.82, 2.24) is 9.55 Å². The van der Waals surface area contributed by atoms with Gasteiger partial charge in [-0.05, 0) is 22.4 Å². The Bertz CT molecular complexity index is 367. The van der Waals surface area contributed by atoms with E-state index in [0.717, 1.165) is 6.54 Å². The van der Waals surface area contributed by atoms with E-state index in [-0.39, 0.29) is 6.61 Å². The Labute approximate surface area is 80.3 Å². The van der Waals surface area contributed by atoms with Crippen molar-refractivity contribution in [2.75, 3.05) is 0 Å². The van der Waals surface area contributed by atoms with E-state index in [9.17, 15) is 0 Å². The van der Waals surface area contributed by atoms with E-state index in [4.69, 9.17) is 5.11 Å². The van der Waals surface area contributed by atoms with Gasteiger partial charge in [0.05, 0.1) is 0 Å². The number of aliphatic hydroxyl groups is 1. The lowest BCUT2D eigenvalue weighted by atomic mass is 10.3. The average Bonchev–Trinajstić information content (AvgIpc) is 2.76. The Morgan fingerprint density at radius 3 is 3.15 bits per heavy atom. The van der Waals surface area contributed by atoms with Crippen LogP contribution in [0.5, 0.6) is 0 Å². The number of aliphatic hydroxyl groups excluding tert-OH is 1. The molecule has 0 unspecified atom stereocenters. The van der Waals surface area contributed by atoms with Crippen LogP contribution < -0.4 is 0 Å². The van der Waals surface area contributed by atoms with Crippen molar-refractivity contribution < 1.29 is 5.11 Å². The van der Waals surface area contributed by atoms with Crippen LogP contribution in [0.3, 0.4) is 0 Å². The van der Waals surface area contributed by atoms with Crippen molar-refractivity contribution in [3.8, 4) is 0 Å². The summed E-state index contributed by atoms with van der Waals surface area (Å²) in [4.78, 5) is 4.03. The summed E-state index contributed by atoms with van der Waals surface area (Å²) in [5.41, 5.74) is 1.25. The van der Waals surface area contributed by atoms with Gasteiger partial charge in [0.2, 0.25) is 0 Å². The first-order chi connectivity index (χ1) is 6.40. The zero-order chi connectivity index (χ0) is 9.10. The first-order valence-corrected chi connectivity index (χ1v) is 4.96. The summed E-state index contributed by atoms with van der Waals surface area (Å²) in [5, 5.41) is 13.1. The van der Waals surface area contributed by atoms with Gasteiger partial charge in [-0.1, -0.05) is 0 Å². The lowest BCUT2D eigenvalue weighted by Gasteiger charge is -2.03. The summed E-state index contributed by atoms with van der Waals surface area (Å²) in [5.74, 6) is 0.714. The number of hydrogen-bond acceptors (Lipinski definition) is 3. The number of nitrogens with zero attached hydrogens (tertiary/aromatic N) is 2. The van der Waals surface area contributed by atoms with Gasteiger partial charge < -0.3 is 9.67 Å². The molecule has 0 aliphatic heterocycles. The Morgan fingerprint density at radius 1 is 1.54 bits per heavy atom. The average molecular weight is 194 g/mol. The van der Waals surface area contributed by atoms with Gasteiger partial charge in [-0.2, -0.15) is 11.3 Å². The van der Waals surface area contributed by atoms with Crippen LogP contribution in [0.25, 0.3) is 0 Å². The van der Waals surface area contributed by atoms with E-state index in [2.05, 4.69) is 16.4 Å².